The highest BCUT2D eigenvalue weighted by atomic mass is 32.1. The van der Waals surface area contributed by atoms with Crippen molar-refractivity contribution in [3.8, 4) is 0 Å². The molecule has 3 aliphatic rings. The summed E-state index contributed by atoms with van der Waals surface area (Å²) in [4.78, 5) is 30.6. The van der Waals surface area contributed by atoms with Crippen LogP contribution in [0.5, 0.6) is 0 Å². The summed E-state index contributed by atoms with van der Waals surface area (Å²) in [6.45, 7) is 0.643. The molecular formula is C18H22N6O2S. The molecule has 2 aromatic rings. The Kier molecular flexibility index (Phi) is 4.18. The van der Waals surface area contributed by atoms with E-state index in [4.69, 9.17) is 4.98 Å². The Bertz CT molecular complexity index is 873. The van der Waals surface area contributed by atoms with Crippen LogP contribution in [0.3, 0.4) is 0 Å². The average Bonchev–Trinajstić information content (AvgIpc) is 3.35. The Morgan fingerprint density at radius 1 is 1.22 bits per heavy atom. The summed E-state index contributed by atoms with van der Waals surface area (Å²) < 4.78 is 4.57. The zero-order chi connectivity index (χ0) is 18.4. The van der Waals surface area contributed by atoms with Gasteiger partial charge in [0.15, 0.2) is 0 Å². The number of anilines is 1. The molecule has 2 N–H and O–H groups in total. The molecule has 2 aromatic heterocycles. The summed E-state index contributed by atoms with van der Waals surface area (Å²) in [5.74, 6) is 1.86. The van der Waals surface area contributed by atoms with E-state index in [1.165, 1.54) is 37.8 Å². The van der Waals surface area contributed by atoms with Crippen molar-refractivity contribution in [1.29, 1.82) is 0 Å². The fourth-order valence-corrected chi connectivity index (χ4v) is 5.30. The van der Waals surface area contributed by atoms with Crippen molar-refractivity contribution in [2.75, 3.05) is 11.4 Å². The van der Waals surface area contributed by atoms with Gasteiger partial charge in [0, 0.05) is 42.1 Å². The molecule has 27 heavy (non-hydrogen) atoms. The third-order valence-electron chi connectivity index (χ3n) is 5.89. The first-order valence-corrected chi connectivity index (χ1v) is 10.4. The van der Waals surface area contributed by atoms with Crippen LogP contribution in [0.4, 0.5) is 5.13 Å². The zero-order valence-corrected chi connectivity index (χ0v) is 15.7. The van der Waals surface area contributed by atoms with Gasteiger partial charge in [-0.15, -0.1) is 0 Å². The highest BCUT2D eigenvalue weighted by molar-refractivity contribution is 7.09. The number of piperidine rings is 1. The van der Waals surface area contributed by atoms with Gasteiger partial charge in [0.05, 0.1) is 0 Å². The van der Waals surface area contributed by atoms with E-state index < -0.39 is 0 Å². The maximum Gasteiger partial charge on any atom is 0.271 e. The zero-order valence-electron chi connectivity index (χ0n) is 14.9. The molecule has 9 heteroatoms. The lowest BCUT2D eigenvalue weighted by molar-refractivity contribution is 0.0937. The van der Waals surface area contributed by atoms with Crippen LogP contribution in [-0.2, 0) is 0 Å². The number of hydrogen-bond acceptors (Lipinski definition) is 7. The number of hydrogen-bond donors (Lipinski definition) is 2. The Morgan fingerprint density at radius 2 is 2.00 bits per heavy atom. The molecule has 0 spiro atoms. The van der Waals surface area contributed by atoms with E-state index in [2.05, 4.69) is 24.8 Å². The predicted molar refractivity (Wildman–Crippen MR) is 101 cm³/mol. The molecule has 3 fully saturated rings. The molecular weight excluding hydrogens is 364 g/mol. The van der Waals surface area contributed by atoms with Gasteiger partial charge in [-0.05, 0) is 50.5 Å². The molecule has 1 unspecified atom stereocenters. The van der Waals surface area contributed by atoms with E-state index in [1.54, 1.807) is 11.5 Å². The second-order valence-electron chi connectivity index (χ2n) is 7.86. The van der Waals surface area contributed by atoms with E-state index in [-0.39, 0.29) is 17.2 Å². The lowest BCUT2D eigenvalue weighted by atomic mass is 9.91. The summed E-state index contributed by atoms with van der Waals surface area (Å²) in [5, 5.41) is 10.1. The molecule has 1 amide bonds. The topological polar surface area (TPSA) is 104 Å². The SMILES string of the molecule is O=C(NCC1C[C@H]2CC[C@@H](C1)N2c1nc(C2CC2)ns1)c1ccc(=O)[nH]n1. The maximum absolute atomic E-state index is 12.2. The first-order chi connectivity index (χ1) is 13.2. The van der Waals surface area contributed by atoms with Crippen LogP contribution in [0.15, 0.2) is 16.9 Å². The Morgan fingerprint density at radius 3 is 2.67 bits per heavy atom. The number of carbonyl (C=O) groups is 1. The molecule has 3 atom stereocenters. The standard InChI is InChI=1S/C18H22N6O2S/c25-15-6-5-14(21-22-15)17(26)19-9-10-7-12-3-4-13(8-10)24(12)18-20-16(23-27-18)11-1-2-11/h5-6,10-13H,1-4,7-9H2,(H,19,26)(H,22,25)/t10?,12-,13+. The summed E-state index contributed by atoms with van der Waals surface area (Å²) in [6.07, 6.45) is 6.97. The van der Waals surface area contributed by atoms with Gasteiger partial charge in [-0.1, -0.05) is 0 Å². The molecule has 142 valence electrons. The summed E-state index contributed by atoms with van der Waals surface area (Å²) in [5.41, 5.74) is -0.0616. The third-order valence-corrected chi connectivity index (χ3v) is 6.63. The van der Waals surface area contributed by atoms with Crippen molar-refractivity contribution >= 4 is 22.6 Å². The van der Waals surface area contributed by atoms with Gasteiger partial charge in [-0.2, -0.15) is 9.47 Å². The van der Waals surface area contributed by atoms with Gasteiger partial charge in [0.1, 0.15) is 11.5 Å². The number of rotatable bonds is 5. The minimum Gasteiger partial charge on any atom is -0.350 e. The number of aromatic nitrogens is 4. The van der Waals surface area contributed by atoms with Gasteiger partial charge in [-0.25, -0.2) is 10.1 Å². The minimum atomic E-state index is -0.308. The lowest BCUT2D eigenvalue weighted by Gasteiger charge is -2.38. The molecule has 2 saturated heterocycles. The van der Waals surface area contributed by atoms with Crippen molar-refractivity contribution in [2.45, 2.75) is 56.5 Å². The van der Waals surface area contributed by atoms with Crippen molar-refractivity contribution < 1.29 is 4.79 Å². The van der Waals surface area contributed by atoms with Gasteiger partial charge in [0.2, 0.25) is 5.13 Å². The van der Waals surface area contributed by atoms with Gasteiger partial charge in [0.25, 0.3) is 11.5 Å². The molecule has 2 bridgehead atoms. The first kappa shape index (κ1) is 16.9. The quantitative estimate of drug-likeness (QED) is 0.810. The van der Waals surface area contributed by atoms with Crippen molar-refractivity contribution in [3.05, 3.63) is 34.0 Å². The number of nitrogens with zero attached hydrogens (tertiary/aromatic N) is 4. The number of fused-ring (bicyclic) bond motifs is 2. The van der Waals surface area contributed by atoms with Crippen LogP contribution in [-0.4, -0.2) is 44.1 Å². The van der Waals surface area contributed by atoms with E-state index in [0.717, 1.165) is 23.8 Å². The second-order valence-corrected chi connectivity index (χ2v) is 8.59. The molecule has 2 aliphatic heterocycles. The van der Waals surface area contributed by atoms with Crippen LogP contribution < -0.4 is 15.8 Å². The maximum atomic E-state index is 12.2. The molecule has 8 nitrogen and oxygen atoms in total. The third kappa shape index (κ3) is 3.36. The number of carbonyl (C=O) groups excluding carboxylic acids is 1. The summed E-state index contributed by atoms with van der Waals surface area (Å²) >= 11 is 1.55. The summed E-state index contributed by atoms with van der Waals surface area (Å²) in [6, 6.07) is 3.76. The number of nitrogens with one attached hydrogen (secondary N) is 2. The van der Waals surface area contributed by atoms with Gasteiger partial charge < -0.3 is 10.2 Å². The van der Waals surface area contributed by atoms with Crippen LogP contribution >= 0.6 is 11.5 Å². The Hall–Kier alpha value is -2.29. The minimum absolute atomic E-state index is 0.237. The summed E-state index contributed by atoms with van der Waals surface area (Å²) in [7, 11) is 0. The number of H-pyrrole nitrogens is 1. The first-order valence-electron chi connectivity index (χ1n) is 9.63. The molecule has 4 heterocycles. The Labute approximate surface area is 160 Å². The fourth-order valence-electron chi connectivity index (χ4n) is 4.41. The van der Waals surface area contributed by atoms with E-state index >= 15 is 0 Å². The Balaban J connectivity index is 1.20. The largest absolute Gasteiger partial charge is 0.350 e. The molecule has 5 rings (SSSR count). The smallest absolute Gasteiger partial charge is 0.271 e. The normalized spacial score (nSPS) is 27.0. The fraction of sp³-hybridized carbons (Fsp3) is 0.611. The van der Waals surface area contributed by atoms with Crippen molar-refractivity contribution in [2.24, 2.45) is 5.92 Å². The average molecular weight is 386 g/mol. The van der Waals surface area contributed by atoms with Crippen molar-refractivity contribution in [1.82, 2.24) is 24.9 Å². The van der Waals surface area contributed by atoms with E-state index in [1.807, 2.05) is 0 Å². The van der Waals surface area contributed by atoms with Gasteiger partial charge >= 0.3 is 0 Å². The molecule has 0 aromatic carbocycles. The lowest BCUT2D eigenvalue weighted by Crippen LogP contribution is -2.45. The molecule has 1 saturated carbocycles. The number of aromatic amines is 1. The number of amides is 1. The molecule has 0 radical (unpaired) electrons. The van der Waals surface area contributed by atoms with E-state index in [0.29, 0.717) is 30.5 Å². The highest BCUT2D eigenvalue weighted by Crippen LogP contribution is 2.44. The molecule has 1 aliphatic carbocycles. The van der Waals surface area contributed by atoms with Crippen LogP contribution in [0.2, 0.25) is 0 Å². The highest BCUT2D eigenvalue weighted by Gasteiger charge is 2.42. The van der Waals surface area contributed by atoms with Crippen LogP contribution in [0.25, 0.3) is 0 Å². The van der Waals surface area contributed by atoms with Crippen LogP contribution in [0, 0.1) is 5.92 Å². The van der Waals surface area contributed by atoms with Crippen LogP contribution in [0.1, 0.15) is 60.8 Å². The monoisotopic (exact) mass is 386 g/mol. The van der Waals surface area contributed by atoms with Gasteiger partial charge in [-0.3, -0.25) is 9.59 Å². The predicted octanol–water partition coefficient (Wildman–Crippen LogP) is 1.68. The van der Waals surface area contributed by atoms with E-state index in [9.17, 15) is 9.59 Å². The second kappa shape index (κ2) is 6.70. The van der Waals surface area contributed by atoms with Crippen molar-refractivity contribution in [3.63, 3.8) is 0 Å².